The lowest BCUT2D eigenvalue weighted by molar-refractivity contribution is -0.137. The van der Waals surface area contributed by atoms with Crippen LogP contribution in [0.15, 0.2) is 18.2 Å². The zero-order valence-electron chi connectivity index (χ0n) is 11.2. The Morgan fingerprint density at radius 3 is 2.60 bits per heavy atom. The van der Waals surface area contributed by atoms with E-state index in [1.165, 1.54) is 12.1 Å². The van der Waals surface area contributed by atoms with Crippen molar-refractivity contribution >= 4 is 29.3 Å². The van der Waals surface area contributed by atoms with Gasteiger partial charge in [0.2, 0.25) is 0 Å². The summed E-state index contributed by atoms with van der Waals surface area (Å²) in [6.45, 7) is 3.60. The quantitative estimate of drug-likeness (QED) is 0.878. The molecule has 1 aromatic carbocycles. The normalized spacial score (nSPS) is 10.4. The van der Waals surface area contributed by atoms with Crippen LogP contribution in [0, 0.1) is 11.7 Å². The summed E-state index contributed by atoms with van der Waals surface area (Å²) in [4.78, 5) is 23.9. The van der Waals surface area contributed by atoms with Crippen molar-refractivity contribution in [2.45, 2.75) is 13.8 Å². The van der Waals surface area contributed by atoms with E-state index in [1.807, 2.05) is 13.8 Å². The molecule has 0 heterocycles. The topological polar surface area (TPSA) is 69.6 Å². The molecule has 0 fully saturated rings. The van der Waals surface area contributed by atoms with Gasteiger partial charge in [0.25, 0.3) is 0 Å². The highest BCUT2D eigenvalue weighted by Crippen LogP contribution is 2.19. The van der Waals surface area contributed by atoms with E-state index in [-0.39, 0.29) is 23.2 Å². The number of rotatable bonds is 5. The number of carbonyl (C=O) groups excluding carboxylic acids is 1. The fourth-order valence-electron chi connectivity index (χ4n) is 1.60. The molecule has 0 atom stereocenters. The van der Waals surface area contributed by atoms with Gasteiger partial charge in [-0.25, -0.2) is 9.18 Å². The van der Waals surface area contributed by atoms with Crippen LogP contribution < -0.4 is 5.32 Å². The Hall–Kier alpha value is -1.82. The number of carbonyl (C=O) groups is 2. The molecule has 5 nitrogen and oxygen atoms in total. The Morgan fingerprint density at radius 1 is 1.45 bits per heavy atom. The standard InChI is InChI=1S/C13H16ClFN2O3/c1-8(2)6-17(7-12(18)19)13(20)16-9-3-4-10(14)11(15)5-9/h3-5,8H,6-7H2,1-2H3,(H,16,20)(H,18,19). The first-order chi connectivity index (χ1) is 9.29. The van der Waals surface area contributed by atoms with E-state index < -0.39 is 24.4 Å². The lowest BCUT2D eigenvalue weighted by atomic mass is 10.2. The third kappa shape index (κ3) is 5.05. The number of nitrogens with one attached hydrogen (secondary N) is 1. The first kappa shape index (κ1) is 16.2. The number of urea groups is 1. The molecule has 7 heteroatoms. The number of aliphatic carboxylic acids is 1. The first-order valence-corrected chi connectivity index (χ1v) is 6.40. The summed E-state index contributed by atoms with van der Waals surface area (Å²) in [5, 5.41) is 11.2. The molecule has 1 rings (SSSR count). The molecule has 0 radical (unpaired) electrons. The molecule has 0 spiro atoms. The number of amides is 2. The second-order valence-electron chi connectivity index (χ2n) is 4.73. The average molecular weight is 303 g/mol. The van der Waals surface area contributed by atoms with Crippen molar-refractivity contribution in [3.05, 3.63) is 29.0 Å². The van der Waals surface area contributed by atoms with E-state index in [1.54, 1.807) is 0 Å². The number of anilines is 1. The predicted octanol–water partition coefficient (Wildman–Crippen LogP) is 3.05. The van der Waals surface area contributed by atoms with E-state index in [0.717, 1.165) is 11.0 Å². The number of nitrogens with zero attached hydrogens (tertiary/aromatic N) is 1. The van der Waals surface area contributed by atoms with Crippen molar-refractivity contribution in [2.24, 2.45) is 5.92 Å². The van der Waals surface area contributed by atoms with E-state index in [0.29, 0.717) is 0 Å². The van der Waals surface area contributed by atoms with Crippen LogP contribution in [0.4, 0.5) is 14.9 Å². The SMILES string of the molecule is CC(C)CN(CC(=O)O)C(=O)Nc1ccc(Cl)c(F)c1. The zero-order chi connectivity index (χ0) is 15.3. The molecule has 0 bridgehead atoms. The fraction of sp³-hybridized carbons (Fsp3) is 0.385. The lowest BCUT2D eigenvalue weighted by Crippen LogP contribution is -2.40. The molecule has 2 amide bonds. The van der Waals surface area contributed by atoms with Gasteiger partial charge >= 0.3 is 12.0 Å². The van der Waals surface area contributed by atoms with Crippen LogP contribution >= 0.6 is 11.6 Å². The average Bonchev–Trinajstić information content (AvgIpc) is 2.32. The smallest absolute Gasteiger partial charge is 0.323 e. The minimum Gasteiger partial charge on any atom is -0.480 e. The summed E-state index contributed by atoms with van der Waals surface area (Å²) < 4.78 is 13.3. The zero-order valence-corrected chi connectivity index (χ0v) is 11.9. The maximum Gasteiger partial charge on any atom is 0.323 e. The summed E-state index contributed by atoms with van der Waals surface area (Å²) in [5.74, 6) is -1.65. The summed E-state index contributed by atoms with van der Waals surface area (Å²) in [6, 6.07) is 3.24. The summed E-state index contributed by atoms with van der Waals surface area (Å²) in [7, 11) is 0. The number of carboxylic acid groups (broad SMARTS) is 1. The molecule has 1 aromatic rings. The van der Waals surface area contributed by atoms with Crippen LogP contribution in [0.5, 0.6) is 0 Å². The van der Waals surface area contributed by atoms with Crippen molar-refractivity contribution in [3.63, 3.8) is 0 Å². The molecule has 0 aliphatic rings. The van der Waals surface area contributed by atoms with Gasteiger partial charge in [0.05, 0.1) is 5.02 Å². The van der Waals surface area contributed by atoms with E-state index >= 15 is 0 Å². The van der Waals surface area contributed by atoms with Crippen LogP contribution in [-0.2, 0) is 4.79 Å². The highest BCUT2D eigenvalue weighted by molar-refractivity contribution is 6.30. The number of carboxylic acids is 1. The molecule has 0 aliphatic carbocycles. The maximum absolute atomic E-state index is 13.3. The highest BCUT2D eigenvalue weighted by Gasteiger charge is 2.18. The van der Waals surface area contributed by atoms with E-state index in [9.17, 15) is 14.0 Å². The van der Waals surface area contributed by atoms with Crippen molar-refractivity contribution in [3.8, 4) is 0 Å². The van der Waals surface area contributed by atoms with Crippen LogP contribution in [0.1, 0.15) is 13.8 Å². The van der Waals surface area contributed by atoms with Gasteiger partial charge in [-0.15, -0.1) is 0 Å². The summed E-state index contributed by atoms with van der Waals surface area (Å²) >= 11 is 5.54. The van der Waals surface area contributed by atoms with Crippen LogP contribution in [-0.4, -0.2) is 35.1 Å². The Balaban J connectivity index is 2.78. The van der Waals surface area contributed by atoms with Gasteiger partial charge < -0.3 is 15.3 Å². The van der Waals surface area contributed by atoms with Crippen molar-refractivity contribution in [1.82, 2.24) is 4.90 Å². The molecule has 110 valence electrons. The molecule has 20 heavy (non-hydrogen) atoms. The van der Waals surface area contributed by atoms with Gasteiger partial charge in [-0.3, -0.25) is 4.79 Å². The van der Waals surface area contributed by atoms with E-state index in [4.69, 9.17) is 16.7 Å². The number of hydrogen-bond donors (Lipinski definition) is 2. The van der Waals surface area contributed by atoms with Gasteiger partial charge in [-0.2, -0.15) is 0 Å². The van der Waals surface area contributed by atoms with Crippen molar-refractivity contribution < 1.29 is 19.1 Å². The Kier molecular flexibility index (Phi) is 5.76. The van der Waals surface area contributed by atoms with Gasteiger partial charge in [0.1, 0.15) is 12.4 Å². The van der Waals surface area contributed by atoms with Gasteiger partial charge in [0.15, 0.2) is 0 Å². The second kappa shape index (κ2) is 7.09. The molecule has 0 saturated carbocycles. The number of halogens is 2. The molecular formula is C13H16ClFN2O3. The molecule has 0 saturated heterocycles. The minimum absolute atomic E-state index is 0.0485. The predicted molar refractivity (Wildman–Crippen MR) is 74.5 cm³/mol. The number of benzene rings is 1. The van der Waals surface area contributed by atoms with Crippen molar-refractivity contribution in [2.75, 3.05) is 18.4 Å². The largest absolute Gasteiger partial charge is 0.480 e. The van der Waals surface area contributed by atoms with Gasteiger partial charge in [-0.1, -0.05) is 25.4 Å². The number of hydrogen-bond acceptors (Lipinski definition) is 2. The molecular weight excluding hydrogens is 287 g/mol. The molecule has 2 N–H and O–H groups in total. The van der Waals surface area contributed by atoms with Gasteiger partial charge in [0, 0.05) is 12.2 Å². The van der Waals surface area contributed by atoms with Gasteiger partial charge in [-0.05, 0) is 24.1 Å². The van der Waals surface area contributed by atoms with Crippen molar-refractivity contribution in [1.29, 1.82) is 0 Å². The third-order valence-electron chi connectivity index (χ3n) is 2.37. The molecule has 0 aliphatic heterocycles. The second-order valence-corrected chi connectivity index (χ2v) is 5.13. The summed E-state index contributed by atoms with van der Waals surface area (Å²) in [5.41, 5.74) is 0.219. The monoisotopic (exact) mass is 302 g/mol. The first-order valence-electron chi connectivity index (χ1n) is 6.02. The maximum atomic E-state index is 13.3. The van der Waals surface area contributed by atoms with Crippen LogP contribution in [0.25, 0.3) is 0 Å². The molecule has 0 aromatic heterocycles. The van der Waals surface area contributed by atoms with E-state index in [2.05, 4.69) is 5.32 Å². The lowest BCUT2D eigenvalue weighted by Gasteiger charge is -2.23. The minimum atomic E-state index is -1.11. The van der Waals surface area contributed by atoms with Crippen LogP contribution in [0.3, 0.4) is 0 Å². The molecule has 0 unspecified atom stereocenters. The fourth-order valence-corrected chi connectivity index (χ4v) is 1.72. The summed E-state index contributed by atoms with van der Waals surface area (Å²) in [6.07, 6.45) is 0. The Morgan fingerprint density at radius 2 is 2.10 bits per heavy atom. The Labute approximate surface area is 121 Å². The Bertz CT molecular complexity index is 508. The highest BCUT2D eigenvalue weighted by atomic mass is 35.5. The van der Waals surface area contributed by atoms with Crippen LogP contribution in [0.2, 0.25) is 5.02 Å². The third-order valence-corrected chi connectivity index (χ3v) is 2.68.